The van der Waals surface area contributed by atoms with Crippen LogP contribution in [0.4, 0.5) is 11.6 Å². The quantitative estimate of drug-likeness (QED) is 0.868. The average molecular weight is 349 g/mol. The maximum absolute atomic E-state index is 11.9. The lowest BCUT2D eigenvalue weighted by molar-refractivity contribution is 0.0948. The van der Waals surface area contributed by atoms with Gasteiger partial charge in [-0.15, -0.1) is 0 Å². The van der Waals surface area contributed by atoms with Gasteiger partial charge in [-0.25, -0.2) is 9.97 Å². The molecule has 0 fully saturated rings. The van der Waals surface area contributed by atoms with Crippen LogP contribution in [-0.4, -0.2) is 22.4 Å². The number of aryl methyl sites for hydroxylation is 1. The van der Waals surface area contributed by atoms with Gasteiger partial charge in [0.05, 0.1) is 0 Å². The monoisotopic (exact) mass is 348 g/mol. The van der Waals surface area contributed by atoms with E-state index < -0.39 is 0 Å². The van der Waals surface area contributed by atoms with Crippen LogP contribution in [0.3, 0.4) is 0 Å². The van der Waals surface area contributed by atoms with Crippen LogP contribution in [0.25, 0.3) is 0 Å². The summed E-state index contributed by atoms with van der Waals surface area (Å²) in [6, 6.07) is 7.47. The lowest BCUT2D eigenvalue weighted by Gasteiger charge is -2.08. The Kier molecular flexibility index (Phi) is 5.27. The van der Waals surface area contributed by atoms with Gasteiger partial charge in [-0.05, 0) is 37.1 Å². The van der Waals surface area contributed by atoms with E-state index in [1.165, 1.54) is 0 Å². The summed E-state index contributed by atoms with van der Waals surface area (Å²) in [4.78, 5) is 20.2. The maximum Gasteiger partial charge on any atom is 0.270 e. The zero-order valence-corrected chi connectivity index (χ0v) is 13.6. The Morgan fingerprint density at radius 2 is 2.14 bits per heavy atom. The molecule has 2 aromatic rings. The highest BCUT2D eigenvalue weighted by Gasteiger charge is 2.08. The highest BCUT2D eigenvalue weighted by Crippen LogP contribution is 2.22. The fraction of sp³-hybridized carbons (Fsp3) is 0.267. The van der Waals surface area contributed by atoms with Crippen LogP contribution in [0.5, 0.6) is 0 Å². The van der Waals surface area contributed by atoms with E-state index in [0.29, 0.717) is 18.2 Å². The van der Waals surface area contributed by atoms with Crippen LogP contribution >= 0.6 is 15.9 Å². The number of hydrogen-bond donors (Lipinski definition) is 2. The van der Waals surface area contributed by atoms with E-state index in [-0.39, 0.29) is 5.91 Å². The summed E-state index contributed by atoms with van der Waals surface area (Å²) in [5.74, 6) is 0.210. The number of hydrogen-bond acceptors (Lipinski definition) is 4. The van der Waals surface area contributed by atoms with Gasteiger partial charge in [0.15, 0.2) is 0 Å². The summed E-state index contributed by atoms with van der Waals surface area (Å²) < 4.78 is 1.00. The highest BCUT2D eigenvalue weighted by atomic mass is 79.9. The topological polar surface area (TPSA) is 66.9 Å². The third-order valence-electron chi connectivity index (χ3n) is 2.85. The molecular weight excluding hydrogens is 332 g/mol. The van der Waals surface area contributed by atoms with Crippen LogP contribution in [0, 0.1) is 6.92 Å². The zero-order valence-electron chi connectivity index (χ0n) is 12.0. The molecule has 6 heteroatoms. The summed E-state index contributed by atoms with van der Waals surface area (Å²) >= 11 is 3.48. The zero-order chi connectivity index (χ0) is 15.2. The van der Waals surface area contributed by atoms with Crippen LogP contribution in [0.15, 0.2) is 34.9 Å². The molecule has 1 heterocycles. The number of nitrogens with zero attached hydrogens (tertiary/aromatic N) is 2. The largest absolute Gasteiger partial charge is 0.351 e. The standard InChI is InChI=1S/C15H17BrN4O/c1-3-7-17-14(21)13-6-8-18-15(20-13)19-11-5-4-10(2)12(16)9-11/h4-6,8-9H,3,7H2,1-2H3,(H,17,21)(H,18,19,20). The molecule has 1 aromatic carbocycles. The molecule has 5 nitrogen and oxygen atoms in total. The van der Waals surface area contributed by atoms with Crippen molar-refractivity contribution in [2.45, 2.75) is 20.3 Å². The first-order valence-corrected chi connectivity index (χ1v) is 7.54. The summed E-state index contributed by atoms with van der Waals surface area (Å²) in [5, 5.41) is 5.88. The van der Waals surface area contributed by atoms with Crippen LogP contribution in [0.1, 0.15) is 29.4 Å². The van der Waals surface area contributed by atoms with Gasteiger partial charge in [0.1, 0.15) is 5.69 Å². The molecule has 0 saturated heterocycles. The van der Waals surface area contributed by atoms with Gasteiger partial charge >= 0.3 is 0 Å². The minimum absolute atomic E-state index is 0.188. The molecule has 2 N–H and O–H groups in total. The van der Waals surface area contributed by atoms with Crippen molar-refractivity contribution in [3.8, 4) is 0 Å². The third kappa shape index (κ3) is 4.26. The summed E-state index contributed by atoms with van der Waals surface area (Å²) in [6.45, 7) is 4.65. The third-order valence-corrected chi connectivity index (χ3v) is 3.71. The van der Waals surface area contributed by atoms with Crippen LogP contribution in [-0.2, 0) is 0 Å². The van der Waals surface area contributed by atoms with Crippen molar-refractivity contribution in [2.75, 3.05) is 11.9 Å². The van der Waals surface area contributed by atoms with E-state index in [4.69, 9.17) is 0 Å². The van der Waals surface area contributed by atoms with E-state index in [9.17, 15) is 4.79 Å². The molecule has 0 atom stereocenters. The summed E-state index contributed by atoms with van der Waals surface area (Å²) in [6.07, 6.45) is 2.46. The van der Waals surface area contributed by atoms with Crippen molar-refractivity contribution in [2.24, 2.45) is 0 Å². The van der Waals surface area contributed by atoms with Gasteiger partial charge in [0.25, 0.3) is 5.91 Å². The second-order valence-corrected chi connectivity index (χ2v) is 5.46. The van der Waals surface area contributed by atoms with Crippen molar-refractivity contribution < 1.29 is 4.79 Å². The Morgan fingerprint density at radius 3 is 2.86 bits per heavy atom. The molecule has 1 aromatic heterocycles. The van der Waals surface area contributed by atoms with Crippen molar-refractivity contribution in [1.29, 1.82) is 0 Å². The average Bonchev–Trinajstić information content (AvgIpc) is 2.49. The van der Waals surface area contributed by atoms with Gasteiger partial charge < -0.3 is 10.6 Å². The molecule has 110 valence electrons. The molecular formula is C15H17BrN4O. The van der Waals surface area contributed by atoms with E-state index >= 15 is 0 Å². The van der Waals surface area contributed by atoms with Crippen molar-refractivity contribution in [1.82, 2.24) is 15.3 Å². The summed E-state index contributed by atoms with van der Waals surface area (Å²) in [7, 11) is 0. The van der Waals surface area contributed by atoms with Gasteiger partial charge in [-0.2, -0.15) is 0 Å². The van der Waals surface area contributed by atoms with Crippen LogP contribution < -0.4 is 10.6 Å². The Hall–Kier alpha value is -1.95. The molecule has 2 rings (SSSR count). The second-order valence-electron chi connectivity index (χ2n) is 4.61. The lowest BCUT2D eigenvalue weighted by Crippen LogP contribution is -2.25. The number of amides is 1. The normalized spacial score (nSPS) is 10.2. The van der Waals surface area contributed by atoms with Gasteiger partial charge in [0.2, 0.25) is 5.95 Å². The molecule has 0 bridgehead atoms. The number of nitrogens with one attached hydrogen (secondary N) is 2. The van der Waals surface area contributed by atoms with E-state index in [0.717, 1.165) is 22.1 Å². The Labute approximate surface area is 132 Å². The number of anilines is 2. The minimum atomic E-state index is -0.188. The van der Waals surface area contributed by atoms with E-state index in [2.05, 4.69) is 36.5 Å². The molecule has 0 spiro atoms. The molecule has 0 unspecified atom stereocenters. The smallest absolute Gasteiger partial charge is 0.270 e. The molecule has 1 amide bonds. The molecule has 21 heavy (non-hydrogen) atoms. The van der Waals surface area contributed by atoms with Gasteiger partial charge in [-0.1, -0.05) is 28.9 Å². The predicted octanol–water partition coefficient (Wildman–Crippen LogP) is 3.43. The fourth-order valence-electron chi connectivity index (χ4n) is 1.67. The Balaban J connectivity index is 2.13. The number of halogens is 1. The van der Waals surface area contributed by atoms with Crippen LogP contribution in [0.2, 0.25) is 0 Å². The fourth-order valence-corrected chi connectivity index (χ4v) is 2.05. The van der Waals surface area contributed by atoms with Crippen molar-refractivity contribution >= 4 is 33.5 Å². The minimum Gasteiger partial charge on any atom is -0.351 e. The van der Waals surface area contributed by atoms with E-state index in [1.807, 2.05) is 32.0 Å². The van der Waals surface area contributed by atoms with Gasteiger partial charge in [0, 0.05) is 22.9 Å². The lowest BCUT2D eigenvalue weighted by atomic mass is 10.2. The first-order valence-electron chi connectivity index (χ1n) is 6.74. The first-order chi connectivity index (χ1) is 10.1. The van der Waals surface area contributed by atoms with Gasteiger partial charge in [-0.3, -0.25) is 4.79 Å². The summed E-state index contributed by atoms with van der Waals surface area (Å²) in [5.41, 5.74) is 2.36. The van der Waals surface area contributed by atoms with Crippen molar-refractivity contribution in [3.05, 3.63) is 46.2 Å². The second kappa shape index (κ2) is 7.17. The number of carbonyl (C=O) groups is 1. The number of carbonyl (C=O) groups excluding carboxylic acids is 1. The molecule has 0 radical (unpaired) electrons. The Bertz CT molecular complexity index is 645. The molecule has 0 aliphatic carbocycles. The van der Waals surface area contributed by atoms with E-state index in [1.54, 1.807) is 12.3 Å². The predicted molar refractivity (Wildman–Crippen MR) is 86.8 cm³/mol. The first kappa shape index (κ1) is 15.4. The van der Waals surface area contributed by atoms with Crippen molar-refractivity contribution in [3.63, 3.8) is 0 Å². The molecule has 0 saturated carbocycles. The number of aromatic nitrogens is 2. The molecule has 0 aliphatic heterocycles. The maximum atomic E-state index is 11.9. The highest BCUT2D eigenvalue weighted by molar-refractivity contribution is 9.10. The Morgan fingerprint density at radius 1 is 1.33 bits per heavy atom. The number of benzene rings is 1. The number of rotatable bonds is 5. The molecule has 0 aliphatic rings. The SMILES string of the molecule is CCCNC(=O)c1ccnc(Nc2ccc(C)c(Br)c2)n1.